The van der Waals surface area contributed by atoms with E-state index in [4.69, 9.17) is 11.6 Å². The van der Waals surface area contributed by atoms with Gasteiger partial charge in [-0.25, -0.2) is 9.82 Å². The third-order valence-corrected chi connectivity index (χ3v) is 5.48. The van der Waals surface area contributed by atoms with Crippen LogP contribution < -0.4 is 5.43 Å². The SMILES string of the molecule is C[C@H]1CCc2sc(C(=O)N/N=C\c3c(F)cccc3Cl)cc2C1. The topological polar surface area (TPSA) is 41.5 Å². The van der Waals surface area contributed by atoms with Crippen molar-refractivity contribution in [1.29, 1.82) is 0 Å². The number of carbonyl (C=O) groups is 1. The zero-order chi connectivity index (χ0) is 16.4. The molecule has 1 aromatic carbocycles. The minimum absolute atomic E-state index is 0.161. The third kappa shape index (κ3) is 3.62. The molecule has 23 heavy (non-hydrogen) atoms. The molecule has 0 spiro atoms. The lowest BCUT2D eigenvalue weighted by Gasteiger charge is -2.16. The van der Waals surface area contributed by atoms with E-state index in [1.165, 1.54) is 46.5 Å². The summed E-state index contributed by atoms with van der Waals surface area (Å²) in [6.45, 7) is 2.22. The summed E-state index contributed by atoms with van der Waals surface area (Å²) in [4.78, 5) is 14.1. The van der Waals surface area contributed by atoms with E-state index >= 15 is 0 Å². The van der Waals surface area contributed by atoms with Crippen LogP contribution in [0.5, 0.6) is 0 Å². The summed E-state index contributed by atoms with van der Waals surface area (Å²) in [5.74, 6) is -0.0916. The van der Waals surface area contributed by atoms with Crippen LogP contribution in [0.15, 0.2) is 29.4 Å². The number of fused-ring (bicyclic) bond motifs is 1. The fraction of sp³-hybridized carbons (Fsp3) is 0.294. The van der Waals surface area contributed by atoms with Crippen LogP contribution >= 0.6 is 22.9 Å². The second kappa shape index (κ2) is 6.81. The zero-order valence-electron chi connectivity index (χ0n) is 12.6. The molecule has 2 aromatic rings. The first-order valence-corrected chi connectivity index (χ1v) is 8.63. The Morgan fingerprint density at radius 3 is 3.13 bits per heavy atom. The van der Waals surface area contributed by atoms with Crippen LogP contribution in [0, 0.1) is 11.7 Å². The van der Waals surface area contributed by atoms with E-state index in [0.29, 0.717) is 10.8 Å². The molecule has 120 valence electrons. The molecule has 1 aliphatic rings. The molecule has 6 heteroatoms. The normalized spacial score (nSPS) is 17.3. The van der Waals surface area contributed by atoms with Gasteiger partial charge in [0.15, 0.2) is 0 Å². The molecule has 1 heterocycles. The van der Waals surface area contributed by atoms with Crippen molar-refractivity contribution in [1.82, 2.24) is 5.43 Å². The summed E-state index contributed by atoms with van der Waals surface area (Å²) >= 11 is 7.41. The van der Waals surface area contributed by atoms with Crippen molar-refractivity contribution in [2.75, 3.05) is 0 Å². The Morgan fingerprint density at radius 2 is 2.35 bits per heavy atom. The first-order valence-electron chi connectivity index (χ1n) is 7.43. The molecule has 1 amide bonds. The van der Waals surface area contributed by atoms with E-state index < -0.39 is 5.82 Å². The fourth-order valence-electron chi connectivity index (χ4n) is 2.66. The molecule has 0 aliphatic heterocycles. The Hall–Kier alpha value is -1.72. The molecule has 1 aromatic heterocycles. The van der Waals surface area contributed by atoms with Gasteiger partial charge in [0.05, 0.1) is 16.1 Å². The second-order valence-electron chi connectivity index (χ2n) is 5.74. The first kappa shape index (κ1) is 16.1. The van der Waals surface area contributed by atoms with Gasteiger partial charge in [0, 0.05) is 10.4 Å². The van der Waals surface area contributed by atoms with E-state index in [9.17, 15) is 9.18 Å². The van der Waals surface area contributed by atoms with Crippen LogP contribution in [0.2, 0.25) is 5.02 Å². The van der Waals surface area contributed by atoms with Gasteiger partial charge >= 0.3 is 0 Å². The van der Waals surface area contributed by atoms with Gasteiger partial charge in [-0.1, -0.05) is 24.6 Å². The Labute approximate surface area is 143 Å². The molecule has 0 bridgehead atoms. The highest BCUT2D eigenvalue weighted by atomic mass is 35.5. The molecule has 0 fully saturated rings. The summed E-state index contributed by atoms with van der Waals surface area (Å²) in [6, 6.07) is 6.33. The minimum Gasteiger partial charge on any atom is -0.266 e. The first-order chi connectivity index (χ1) is 11.0. The van der Waals surface area contributed by atoms with Gasteiger partial charge in [-0.2, -0.15) is 5.10 Å². The quantitative estimate of drug-likeness (QED) is 0.645. The smallest absolute Gasteiger partial charge is 0.266 e. The summed E-state index contributed by atoms with van der Waals surface area (Å²) in [7, 11) is 0. The molecule has 1 atom stereocenters. The summed E-state index contributed by atoms with van der Waals surface area (Å²) < 4.78 is 13.6. The van der Waals surface area contributed by atoms with Crippen LogP contribution in [-0.4, -0.2) is 12.1 Å². The van der Waals surface area contributed by atoms with Crippen molar-refractivity contribution in [2.45, 2.75) is 26.2 Å². The number of amides is 1. The lowest BCUT2D eigenvalue weighted by atomic mass is 9.90. The van der Waals surface area contributed by atoms with Crippen molar-refractivity contribution in [3.8, 4) is 0 Å². The maximum absolute atomic E-state index is 13.6. The summed E-state index contributed by atoms with van der Waals surface area (Å²) in [5.41, 5.74) is 3.86. The molecule has 1 aliphatic carbocycles. The van der Waals surface area contributed by atoms with Crippen LogP contribution in [-0.2, 0) is 12.8 Å². The van der Waals surface area contributed by atoms with Gasteiger partial charge in [0.1, 0.15) is 5.82 Å². The lowest BCUT2D eigenvalue weighted by molar-refractivity contribution is 0.0959. The number of carbonyl (C=O) groups excluding carboxylic acids is 1. The number of benzene rings is 1. The average Bonchev–Trinajstić information content (AvgIpc) is 2.93. The van der Waals surface area contributed by atoms with Crippen LogP contribution in [0.4, 0.5) is 4.39 Å². The van der Waals surface area contributed by atoms with Crippen LogP contribution in [0.1, 0.15) is 39.0 Å². The highest BCUT2D eigenvalue weighted by Crippen LogP contribution is 2.32. The molecular formula is C17H16ClFN2OS. The zero-order valence-corrected chi connectivity index (χ0v) is 14.2. The molecule has 1 N–H and O–H groups in total. The van der Waals surface area contributed by atoms with Crippen molar-refractivity contribution in [2.24, 2.45) is 11.0 Å². The number of nitrogens with one attached hydrogen (secondary N) is 1. The average molecular weight is 351 g/mol. The van der Waals surface area contributed by atoms with E-state index in [2.05, 4.69) is 17.5 Å². The number of rotatable bonds is 3. The van der Waals surface area contributed by atoms with Gasteiger partial charge in [0.2, 0.25) is 0 Å². The minimum atomic E-state index is -0.476. The number of hydrazone groups is 1. The molecule has 0 radical (unpaired) electrons. The Morgan fingerprint density at radius 1 is 1.52 bits per heavy atom. The van der Waals surface area contributed by atoms with Gasteiger partial charge in [-0.05, 0) is 48.9 Å². The predicted molar refractivity (Wildman–Crippen MR) is 92.0 cm³/mol. The van der Waals surface area contributed by atoms with E-state index in [0.717, 1.165) is 12.8 Å². The predicted octanol–water partition coefficient (Wildman–Crippen LogP) is 4.43. The lowest BCUT2D eigenvalue weighted by Crippen LogP contribution is -2.16. The monoisotopic (exact) mass is 350 g/mol. The molecular weight excluding hydrogens is 335 g/mol. The number of halogens is 2. The molecule has 0 saturated heterocycles. The van der Waals surface area contributed by atoms with E-state index in [-0.39, 0.29) is 16.5 Å². The Kier molecular flexibility index (Phi) is 4.78. The number of hydrogen-bond acceptors (Lipinski definition) is 3. The molecule has 0 unspecified atom stereocenters. The van der Waals surface area contributed by atoms with E-state index in [1.807, 2.05) is 6.07 Å². The fourth-order valence-corrected chi connectivity index (χ4v) is 3.97. The molecule has 3 rings (SSSR count). The Balaban J connectivity index is 1.69. The summed E-state index contributed by atoms with van der Waals surface area (Å²) in [6.07, 6.45) is 4.44. The number of aryl methyl sites for hydroxylation is 1. The van der Waals surface area contributed by atoms with Gasteiger partial charge in [-0.3, -0.25) is 4.79 Å². The van der Waals surface area contributed by atoms with Crippen LogP contribution in [0.3, 0.4) is 0 Å². The highest BCUT2D eigenvalue weighted by Gasteiger charge is 2.20. The van der Waals surface area contributed by atoms with E-state index in [1.54, 1.807) is 6.07 Å². The molecule has 0 saturated carbocycles. The van der Waals surface area contributed by atoms with Crippen LogP contribution in [0.25, 0.3) is 0 Å². The van der Waals surface area contributed by atoms with Crippen molar-refractivity contribution >= 4 is 35.1 Å². The molecule has 3 nitrogen and oxygen atoms in total. The number of hydrogen-bond donors (Lipinski definition) is 1. The third-order valence-electron chi connectivity index (χ3n) is 3.91. The maximum Gasteiger partial charge on any atom is 0.281 e. The standard InChI is InChI=1S/C17H16ClFN2OS/c1-10-5-6-15-11(7-10)8-16(23-15)17(22)21-20-9-12-13(18)3-2-4-14(12)19/h2-4,8-10H,5-7H2,1H3,(H,21,22)/b20-9-/t10-/m0/s1. The van der Waals surface area contributed by atoms with Crippen molar-refractivity contribution < 1.29 is 9.18 Å². The van der Waals surface area contributed by atoms with Crippen molar-refractivity contribution in [3.05, 3.63) is 56.0 Å². The second-order valence-corrected chi connectivity index (χ2v) is 7.29. The van der Waals surface area contributed by atoms with Gasteiger partial charge in [0.25, 0.3) is 5.91 Å². The van der Waals surface area contributed by atoms with Gasteiger partial charge < -0.3 is 0 Å². The Bertz CT molecular complexity index is 752. The number of thiophene rings is 1. The highest BCUT2D eigenvalue weighted by molar-refractivity contribution is 7.14. The van der Waals surface area contributed by atoms with Crippen molar-refractivity contribution in [3.63, 3.8) is 0 Å². The van der Waals surface area contributed by atoms with Gasteiger partial charge in [-0.15, -0.1) is 11.3 Å². The number of nitrogens with zero attached hydrogens (tertiary/aromatic N) is 1. The summed E-state index contributed by atoms with van der Waals surface area (Å²) in [5, 5.41) is 4.07. The largest absolute Gasteiger partial charge is 0.281 e. The maximum atomic E-state index is 13.6.